The van der Waals surface area contributed by atoms with E-state index < -0.39 is 10.6 Å². The minimum atomic E-state index is -1.64. The lowest BCUT2D eigenvalue weighted by Crippen LogP contribution is -1.87. The van der Waals surface area contributed by atoms with E-state index in [1.807, 2.05) is 6.92 Å². The van der Waals surface area contributed by atoms with Crippen LogP contribution < -0.4 is 0 Å². The first-order valence-electron chi connectivity index (χ1n) is 3.16. The van der Waals surface area contributed by atoms with Gasteiger partial charge in [-0.15, -0.1) is 0 Å². The van der Waals surface area contributed by atoms with Gasteiger partial charge in [0.15, 0.2) is 0 Å². The van der Waals surface area contributed by atoms with E-state index in [-0.39, 0.29) is 0 Å². The Hall–Kier alpha value is -0.900. The molecule has 0 aliphatic carbocycles. The number of aryl methyl sites for hydroxylation is 1. The summed E-state index contributed by atoms with van der Waals surface area (Å²) in [6.07, 6.45) is 4.28. The lowest BCUT2D eigenvalue weighted by atomic mass is 10.3. The third-order valence-electron chi connectivity index (χ3n) is 1.32. The van der Waals surface area contributed by atoms with Crippen molar-refractivity contribution in [2.45, 2.75) is 11.8 Å². The van der Waals surface area contributed by atoms with E-state index >= 15 is 0 Å². The molecule has 0 aromatic carbocycles. The zero-order valence-electron chi connectivity index (χ0n) is 6.40. The van der Waals surface area contributed by atoms with Crippen LogP contribution in [0.3, 0.4) is 0 Å². The highest BCUT2D eigenvalue weighted by atomic mass is 32.2. The van der Waals surface area contributed by atoms with E-state index in [4.69, 9.17) is 0 Å². The number of hydrogen-bond acceptors (Lipinski definition) is 3. The van der Waals surface area contributed by atoms with Crippen molar-refractivity contribution >= 4 is 10.6 Å². The van der Waals surface area contributed by atoms with Crippen LogP contribution in [-0.2, 0) is 10.6 Å². The molecule has 1 heterocycles. The van der Waals surface area contributed by atoms with E-state index in [0.29, 0.717) is 4.90 Å². The molecule has 0 amide bonds. The molecule has 1 rings (SSSR count). The molecule has 3 nitrogen and oxygen atoms in total. The lowest BCUT2D eigenvalue weighted by molar-refractivity contribution is 0.687. The maximum atomic E-state index is 11.1. The summed E-state index contributed by atoms with van der Waals surface area (Å²) < 4.78 is 14.8. The molecule has 0 fully saturated rings. The molecule has 0 bridgehead atoms. The molecule has 1 aromatic rings. The van der Waals surface area contributed by atoms with Crippen LogP contribution in [0.15, 0.2) is 21.5 Å². The fourth-order valence-corrected chi connectivity index (χ4v) is 1.43. The number of pyridine rings is 1. The SMILES string of the molecule is C/N=[SH](=O)/c1[c]nccc1C. The third-order valence-corrected chi connectivity index (χ3v) is 2.51. The number of hydrogen-bond donors (Lipinski definition) is 1. The molecule has 0 aliphatic heterocycles. The largest absolute Gasteiger partial charge is 0.253 e. The van der Waals surface area contributed by atoms with Crippen LogP contribution in [-0.4, -0.2) is 16.2 Å². The molecule has 4 heteroatoms. The van der Waals surface area contributed by atoms with Crippen LogP contribution >= 0.6 is 0 Å². The first-order chi connectivity index (χ1) is 5.25. The highest BCUT2D eigenvalue weighted by Gasteiger charge is 1.96. The minimum Gasteiger partial charge on any atom is -0.253 e. The van der Waals surface area contributed by atoms with Crippen molar-refractivity contribution in [2.24, 2.45) is 4.36 Å². The van der Waals surface area contributed by atoms with Gasteiger partial charge in [-0.05, 0) is 18.6 Å². The van der Waals surface area contributed by atoms with Gasteiger partial charge in [0, 0.05) is 13.2 Å². The standard InChI is InChI=1S/C7H9N2OS/c1-6-3-4-9-5-7(6)11(10)8-2/h3-4,11H,1-2H3. The van der Waals surface area contributed by atoms with E-state index in [1.165, 1.54) is 7.05 Å². The Kier molecular flexibility index (Phi) is 2.59. The van der Waals surface area contributed by atoms with Crippen molar-refractivity contribution in [3.8, 4) is 0 Å². The van der Waals surface area contributed by atoms with Gasteiger partial charge in [-0.3, -0.25) is 4.98 Å². The Morgan fingerprint density at radius 1 is 1.73 bits per heavy atom. The molecule has 0 spiro atoms. The van der Waals surface area contributed by atoms with Crippen molar-refractivity contribution < 1.29 is 4.21 Å². The Morgan fingerprint density at radius 2 is 2.45 bits per heavy atom. The third kappa shape index (κ3) is 1.77. The summed E-state index contributed by atoms with van der Waals surface area (Å²) in [6, 6.07) is 1.80. The monoisotopic (exact) mass is 169 g/mol. The minimum absolute atomic E-state index is 0.602. The highest BCUT2D eigenvalue weighted by molar-refractivity contribution is 7.75. The van der Waals surface area contributed by atoms with Crippen molar-refractivity contribution in [2.75, 3.05) is 7.05 Å². The summed E-state index contributed by atoms with van der Waals surface area (Å²) in [5.41, 5.74) is 0.923. The molecule has 1 atom stereocenters. The van der Waals surface area contributed by atoms with Crippen LogP contribution in [0.2, 0.25) is 0 Å². The fourth-order valence-electron chi connectivity index (χ4n) is 0.708. The van der Waals surface area contributed by atoms with Gasteiger partial charge in [0.2, 0.25) is 0 Å². The molecule has 0 saturated carbocycles. The first-order valence-corrected chi connectivity index (χ1v) is 4.37. The maximum absolute atomic E-state index is 11.1. The molecule has 1 radical (unpaired) electrons. The normalized spacial score (nSPS) is 13.3. The molecule has 59 valence electrons. The van der Waals surface area contributed by atoms with Crippen LogP contribution in [0.1, 0.15) is 5.56 Å². The van der Waals surface area contributed by atoms with Crippen LogP contribution in [0.5, 0.6) is 0 Å². The van der Waals surface area contributed by atoms with Gasteiger partial charge >= 0.3 is 0 Å². The van der Waals surface area contributed by atoms with E-state index in [2.05, 4.69) is 15.5 Å². The molecule has 11 heavy (non-hydrogen) atoms. The average molecular weight is 169 g/mol. The molecule has 1 unspecified atom stereocenters. The Bertz CT molecular complexity index is 329. The van der Waals surface area contributed by atoms with E-state index in [1.54, 1.807) is 12.3 Å². The molecule has 0 aliphatic rings. The van der Waals surface area contributed by atoms with E-state index in [9.17, 15) is 4.21 Å². The summed E-state index contributed by atoms with van der Waals surface area (Å²) >= 11 is 0. The lowest BCUT2D eigenvalue weighted by Gasteiger charge is -1.95. The Labute approximate surface area is 67.7 Å². The van der Waals surface area contributed by atoms with Crippen LogP contribution in [0.25, 0.3) is 0 Å². The predicted octanol–water partition coefficient (Wildman–Crippen LogP) is 0.844. The van der Waals surface area contributed by atoms with Gasteiger partial charge in [0.25, 0.3) is 0 Å². The first kappa shape index (κ1) is 8.20. The van der Waals surface area contributed by atoms with Gasteiger partial charge in [0.05, 0.1) is 15.5 Å². The molecule has 0 saturated heterocycles. The summed E-state index contributed by atoms with van der Waals surface area (Å²) in [6.45, 7) is 1.87. The number of thiol groups is 1. The average Bonchev–Trinajstić information content (AvgIpc) is 2.04. The van der Waals surface area contributed by atoms with Crippen molar-refractivity contribution in [1.82, 2.24) is 4.98 Å². The summed E-state index contributed by atoms with van der Waals surface area (Å²) in [4.78, 5) is 4.35. The van der Waals surface area contributed by atoms with Crippen molar-refractivity contribution in [3.05, 3.63) is 24.0 Å². The number of aromatic nitrogens is 1. The summed E-state index contributed by atoms with van der Waals surface area (Å²) in [7, 11) is -0.111. The molecule has 1 aromatic heterocycles. The Morgan fingerprint density at radius 3 is 3.00 bits per heavy atom. The molecular formula is C7H9N2OS. The Balaban J connectivity index is 3.25. The second-order valence-corrected chi connectivity index (χ2v) is 3.45. The zero-order valence-corrected chi connectivity index (χ0v) is 7.30. The van der Waals surface area contributed by atoms with Crippen molar-refractivity contribution in [1.29, 1.82) is 0 Å². The number of rotatable bonds is 1. The van der Waals surface area contributed by atoms with E-state index in [0.717, 1.165) is 5.56 Å². The fraction of sp³-hybridized carbons (Fsp3) is 0.286. The van der Waals surface area contributed by atoms with Gasteiger partial charge in [-0.1, -0.05) is 0 Å². The smallest absolute Gasteiger partial charge is 0.107 e. The second kappa shape index (κ2) is 3.48. The zero-order chi connectivity index (χ0) is 8.27. The maximum Gasteiger partial charge on any atom is 0.107 e. The van der Waals surface area contributed by atoms with Gasteiger partial charge in [0.1, 0.15) is 6.20 Å². The highest BCUT2D eigenvalue weighted by Crippen LogP contribution is 2.05. The quantitative estimate of drug-likeness (QED) is 0.633. The molecular weight excluding hydrogens is 160 g/mol. The van der Waals surface area contributed by atoms with Gasteiger partial charge in [-0.2, -0.15) is 0 Å². The van der Waals surface area contributed by atoms with Crippen molar-refractivity contribution in [3.63, 3.8) is 0 Å². The number of nitrogens with zero attached hydrogens (tertiary/aromatic N) is 2. The summed E-state index contributed by atoms with van der Waals surface area (Å²) in [5.74, 6) is 0. The van der Waals surface area contributed by atoms with Crippen LogP contribution in [0, 0.1) is 13.1 Å². The molecule has 0 N–H and O–H groups in total. The predicted molar refractivity (Wildman–Crippen MR) is 44.0 cm³/mol. The summed E-state index contributed by atoms with van der Waals surface area (Å²) in [5, 5.41) is 0. The van der Waals surface area contributed by atoms with Gasteiger partial charge < -0.3 is 0 Å². The van der Waals surface area contributed by atoms with Gasteiger partial charge in [-0.25, -0.2) is 8.57 Å². The topological polar surface area (TPSA) is 42.3 Å². The second-order valence-electron chi connectivity index (χ2n) is 2.06. The van der Waals surface area contributed by atoms with Crippen LogP contribution in [0.4, 0.5) is 0 Å².